The first-order chi connectivity index (χ1) is 24.0. The number of nitrogen functional groups attached to an aromatic ring is 1. The Labute approximate surface area is 307 Å². The zero-order valence-electron chi connectivity index (χ0n) is 29.4. The number of fused-ring (bicyclic) bond motifs is 2. The van der Waals surface area contributed by atoms with Gasteiger partial charge >= 0.3 is 5.69 Å². The van der Waals surface area contributed by atoms with Crippen molar-refractivity contribution in [2.24, 2.45) is 31.9 Å². The molecule has 53 heavy (non-hydrogen) atoms. The molecule has 0 saturated carbocycles. The third-order valence-corrected chi connectivity index (χ3v) is 6.94. The molecule has 4 aromatic rings. The number of aryl methyl sites for hydroxylation is 3. The van der Waals surface area contributed by atoms with Gasteiger partial charge in [0.25, 0.3) is 17.4 Å². The number of aliphatic imine (C=N–C) groups is 1. The number of amidine groups is 1. The summed E-state index contributed by atoms with van der Waals surface area (Å²) in [5.74, 6) is 2.84. The number of carbonyl (C=O) groups excluding carboxylic acids is 2. The molecule has 0 radical (unpaired) electrons. The van der Waals surface area contributed by atoms with E-state index < -0.39 is 0 Å². The number of carbonyl (C=O) groups is 2. The molecule has 4 aromatic heterocycles. The van der Waals surface area contributed by atoms with Gasteiger partial charge in [-0.15, -0.1) is 0 Å². The lowest BCUT2D eigenvalue weighted by atomic mass is 10.2. The van der Waals surface area contributed by atoms with Crippen molar-refractivity contribution in [1.29, 1.82) is 0 Å². The van der Waals surface area contributed by atoms with E-state index in [2.05, 4.69) is 59.0 Å². The lowest BCUT2D eigenvalue weighted by molar-refractivity contribution is -0.117. The van der Waals surface area contributed by atoms with E-state index in [0.717, 1.165) is 11.5 Å². The minimum absolute atomic E-state index is 0. The summed E-state index contributed by atoms with van der Waals surface area (Å²) in [6.45, 7) is 10.9. The molecule has 0 fully saturated rings. The van der Waals surface area contributed by atoms with Crippen LogP contribution in [0.1, 0.15) is 39.2 Å². The Morgan fingerprint density at radius 1 is 0.830 bits per heavy atom. The minimum Gasteiger partial charge on any atom is -0.384 e. The smallest absolute Gasteiger partial charge is 0.328 e. The van der Waals surface area contributed by atoms with E-state index in [1.807, 2.05) is 41.3 Å². The molecule has 286 valence electrons. The Hall–Kier alpha value is -6.99. The van der Waals surface area contributed by atoms with E-state index in [9.17, 15) is 19.2 Å². The van der Waals surface area contributed by atoms with Crippen LogP contribution in [0.2, 0.25) is 0 Å². The van der Waals surface area contributed by atoms with Crippen molar-refractivity contribution in [2.45, 2.75) is 34.9 Å². The van der Waals surface area contributed by atoms with Crippen LogP contribution in [0.15, 0.2) is 94.7 Å². The summed E-state index contributed by atoms with van der Waals surface area (Å²) >= 11 is 0. The summed E-state index contributed by atoms with van der Waals surface area (Å²) in [5, 5.41) is 8.43. The van der Waals surface area contributed by atoms with Crippen LogP contribution in [0.5, 0.6) is 0 Å². The van der Waals surface area contributed by atoms with Gasteiger partial charge in [0.2, 0.25) is 0 Å². The van der Waals surface area contributed by atoms with Crippen LogP contribution in [-0.2, 0) is 25.9 Å². The molecule has 2 amide bonds. The first-order valence-corrected chi connectivity index (χ1v) is 15.1. The highest BCUT2D eigenvalue weighted by atomic mass is 16.2. The predicted molar refractivity (Wildman–Crippen MR) is 207 cm³/mol. The molecule has 1 unspecified atom stereocenters. The standard InChI is InChI=1S/C7H10N4O.C7H10N2O.C6H7N5.C6H9N3.C5H6N2O2.2CH4/c1-4-9-6-5(7(12)10-4)8-3-11(6)2;1-5-4-9(3)6(2)8-7(5)10;1-11-3-10-4-5(7)8-2-9-6(4)11;1-5-8-6(7)3-4-9(5)2;1-7-3-2-4(8)6-5(7)9;;/h3-4,9H,1-2H3,(H,10,12);4H,2H2,1,3H3,(H,8,10);2-3H,1H3,(H2,7,8,9);3-4H,1H2,2H3,(H2,7,8);2-3H,1H3,(H,6,8,9);2*1H4. The van der Waals surface area contributed by atoms with Gasteiger partial charge in [-0.1, -0.05) is 28.0 Å². The molecular weight excluding hydrogens is 684 g/mol. The van der Waals surface area contributed by atoms with Crippen molar-refractivity contribution in [1.82, 2.24) is 59.1 Å². The van der Waals surface area contributed by atoms with Crippen LogP contribution < -0.4 is 38.7 Å². The maximum absolute atomic E-state index is 11.3. The fraction of sp³-hybridized carbons (Fsp3) is 0.303. The van der Waals surface area contributed by atoms with Gasteiger partial charge in [-0.2, -0.15) is 0 Å². The van der Waals surface area contributed by atoms with Gasteiger partial charge in [0.15, 0.2) is 17.2 Å². The zero-order chi connectivity index (χ0) is 38.0. The van der Waals surface area contributed by atoms with Gasteiger partial charge in [0.1, 0.15) is 35.1 Å². The molecule has 3 aliphatic heterocycles. The molecule has 8 N–H and O–H groups in total. The number of H-pyrrole nitrogens is 1. The van der Waals surface area contributed by atoms with Crippen molar-refractivity contribution in [3.63, 3.8) is 0 Å². The van der Waals surface area contributed by atoms with Gasteiger partial charge in [0, 0.05) is 65.5 Å². The van der Waals surface area contributed by atoms with Crippen molar-refractivity contribution >= 4 is 40.4 Å². The largest absolute Gasteiger partial charge is 0.384 e. The second kappa shape index (κ2) is 19.4. The van der Waals surface area contributed by atoms with Gasteiger partial charge in [-0.25, -0.2) is 29.7 Å². The normalized spacial score (nSPS) is 15.2. The molecule has 0 aromatic carbocycles. The monoisotopic (exact) mass is 734 g/mol. The van der Waals surface area contributed by atoms with Gasteiger partial charge in [-0.05, 0) is 19.9 Å². The third-order valence-electron chi connectivity index (χ3n) is 6.94. The van der Waals surface area contributed by atoms with Crippen LogP contribution in [-0.4, -0.2) is 86.3 Å². The fourth-order valence-electron chi connectivity index (χ4n) is 4.00. The number of nitrogens with zero attached hydrogens (tertiary/aromatic N) is 10. The molecule has 7 rings (SSSR count). The number of imidazole rings is 2. The SMILES string of the molecule is C.C.C=C1N=C(N)C=CN1C.C=C1NC(=O)C(C)=CN1C.CC1NC(=O)c2ncn(C)c2N1.Cn1ccc(=O)[nH]c1=O.Cn1cnc2c(N)ncnc21. The number of nitrogens with one attached hydrogen (secondary N) is 4. The van der Waals surface area contributed by atoms with E-state index in [4.69, 9.17) is 11.5 Å². The number of aromatic amines is 1. The van der Waals surface area contributed by atoms with Gasteiger partial charge in [0.05, 0.1) is 18.8 Å². The summed E-state index contributed by atoms with van der Waals surface area (Å²) in [6.07, 6.45) is 11.4. The molecular formula is C33H50N16O4. The van der Waals surface area contributed by atoms with Crippen LogP contribution in [0.4, 0.5) is 11.6 Å². The number of anilines is 2. The topological polar surface area (TPSA) is 257 Å². The molecule has 0 saturated heterocycles. The highest BCUT2D eigenvalue weighted by molar-refractivity contribution is 5.99. The first kappa shape index (κ1) is 44.0. The Morgan fingerprint density at radius 3 is 2.06 bits per heavy atom. The Kier molecular flexibility index (Phi) is 16.1. The number of hydrogen-bond donors (Lipinski definition) is 6. The Bertz CT molecular complexity index is 2140. The highest BCUT2D eigenvalue weighted by Crippen LogP contribution is 2.17. The van der Waals surface area contributed by atoms with Gasteiger partial charge in [-0.3, -0.25) is 19.4 Å². The lowest BCUT2D eigenvalue weighted by Gasteiger charge is -2.23. The van der Waals surface area contributed by atoms with Crippen molar-refractivity contribution < 1.29 is 9.59 Å². The predicted octanol–water partition coefficient (Wildman–Crippen LogP) is 0.910. The lowest BCUT2D eigenvalue weighted by Crippen LogP contribution is -2.43. The average molecular weight is 735 g/mol. The summed E-state index contributed by atoms with van der Waals surface area (Å²) in [5.41, 5.74) is 12.8. The summed E-state index contributed by atoms with van der Waals surface area (Å²) in [6, 6.07) is 1.29. The number of amides is 2. The molecule has 0 spiro atoms. The highest BCUT2D eigenvalue weighted by Gasteiger charge is 2.24. The molecule has 1 atom stereocenters. The van der Waals surface area contributed by atoms with E-state index in [-0.39, 0.29) is 44.1 Å². The van der Waals surface area contributed by atoms with Crippen LogP contribution in [0.3, 0.4) is 0 Å². The second-order valence-corrected chi connectivity index (χ2v) is 11.1. The molecule has 0 aliphatic carbocycles. The van der Waals surface area contributed by atoms with E-state index >= 15 is 0 Å². The maximum atomic E-state index is 11.3. The molecule has 0 bridgehead atoms. The third kappa shape index (κ3) is 12.1. The Morgan fingerprint density at radius 2 is 1.49 bits per heavy atom. The molecule has 7 heterocycles. The van der Waals surface area contributed by atoms with Crippen LogP contribution >= 0.6 is 0 Å². The van der Waals surface area contributed by atoms with Crippen molar-refractivity contribution in [2.75, 3.05) is 25.1 Å². The average Bonchev–Trinajstić information content (AvgIpc) is 3.64. The van der Waals surface area contributed by atoms with Crippen LogP contribution in [0, 0.1) is 0 Å². The number of nitrogens with two attached hydrogens (primary N) is 2. The number of rotatable bonds is 0. The van der Waals surface area contributed by atoms with E-state index in [1.165, 1.54) is 23.2 Å². The fourth-order valence-corrected chi connectivity index (χ4v) is 4.00. The van der Waals surface area contributed by atoms with Crippen molar-refractivity contribution in [3.05, 3.63) is 107 Å². The second-order valence-electron chi connectivity index (χ2n) is 11.1. The number of aromatic nitrogens is 8. The quantitative estimate of drug-likeness (QED) is 0.147. The summed E-state index contributed by atoms with van der Waals surface area (Å²) in [4.78, 5) is 68.5. The van der Waals surface area contributed by atoms with Crippen molar-refractivity contribution in [3.8, 4) is 0 Å². The zero-order valence-corrected chi connectivity index (χ0v) is 29.4. The molecule has 20 heteroatoms. The number of hydrogen-bond acceptors (Lipinski definition) is 14. The van der Waals surface area contributed by atoms with E-state index in [1.54, 1.807) is 57.8 Å². The summed E-state index contributed by atoms with van der Waals surface area (Å²) < 4.78 is 4.89. The minimum atomic E-state index is -0.387. The van der Waals surface area contributed by atoms with Gasteiger partial charge < -0.3 is 50.9 Å². The van der Waals surface area contributed by atoms with Crippen LogP contribution in [0.25, 0.3) is 11.2 Å². The molecule has 3 aliphatic rings. The molecule has 20 nitrogen and oxygen atoms in total. The summed E-state index contributed by atoms with van der Waals surface area (Å²) in [7, 11) is 8.99. The first-order valence-electron chi connectivity index (χ1n) is 15.1. The Balaban J connectivity index is 0.000000330. The van der Waals surface area contributed by atoms with E-state index in [0.29, 0.717) is 40.1 Å². The maximum Gasteiger partial charge on any atom is 0.328 e.